The van der Waals surface area contributed by atoms with Gasteiger partial charge >= 0.3 is 0 Å². The van der Waals surface area contributed by atoms with Crippen LogP contribution in [0.25, 0.3) is 0 Å². The van der Waals surface area contributed by atoms with Crippen molar-refractivity contribution in [2.45, 2.75) is 19.4 Å². The van der Waals surface area contributed by atoms with E-state index in [1.165, 1.54) is 0 Å². The number of rotatable bonds is 5. The topological polar surface area (TPSA) is 24.9 Å². The van der Waals surface area contributed by atoms with Crippen molar-refractivity contribution in [3.63, 3.8) is 0 Å². The Balaban J connectivity index is 2.34. The Morgan fingerprint density at radius 3 is 2.61 bits per heavy atom. The summed E-state index contributed by atoms with van der Waals surface area (Å²) in [6.07, 6.45) is 2.89. The summed E-state index contributed by atoms with van der Waals surface area (Å²) in [5.41, 5.74) is 2.07. The largest absolute Gasteiger partial charge is 0.305 e. The molecule has 1 heterocycles. The van der Waals surface area contributed by atoms with E-state index in [0.29, 0.717) is 0 Å². The molecule has 0 radical (unpaired) electrons. The van der Waals surface area contributed by atoms with Gasteiger partial charge in [0, 0.05) is 11.2 Å². The molecule has 2 nitrogen and oxygen atoms in total. The van der Waals surface area contributed by atoms with Crippen molar-refractivity contribution >= 4 is 11.6 Å². The summed E-state index contributed by atoms with van der Waals surface area (Å²) in [7, 11) is 0. The maximum Gasteiger partial charge on any atom is 0.0765 e. The first-order valence-corrected chi connectivity index (χ1v) is 6.59. The van der Waals surface area contributed by atoms with Gasteiger partial charge in [-0.25, -0.2) is 0 Å². The third-order valence-electron chi connectivity index (χ3n) is 2.80. The van der Waals surface area contributed by atoms with Crippen LogP contribution in [0.4, 0.5) is 0 Å². The van der Waals surface area contributed by atoms with Crippen LogP contribution in [0.5, 0.6) is 0 Å². The molecule has 18 heavy (non-hydrogen) atoms. The summed E-state index contributed by atoms with van der Waals surface area (Å²) >= 11 is 6.28. The van der Waals surface area contributed by atoms with E-state index in [2.05, 4.69) is 17.2 Å². The molecule has 0 spiro atoms. The number of halogens is 1. The van der Waals surface area contributed by atoms with Crippen LogP contribution >= 0.6 is 11.6 Å². The highest BCUT2D eigenvalue weighted by Crippen LogP contribution is 2.26. The van der Waals surface area contributed by atoms with Gasteiger partial charge in [0.25, 0.3) is 0 Å². The van der Waals surface area contributed by atoms with Gasteiger partial charge in [0.2, 0.25) is 0 Å². The van der Waals surface area contributed by atoms with Gasteiger partial charge in [-0.1, -0.05) is 42.8 Å². The van der Waals surface area contributed by atoms with Crippen LogP contribution in [0.3, 0.4) is 0 Å². The van der Waals surface area contributed by atoms with E-state index in [1.54, 1.807) is 0 Å². The second kappa shape index (κ2) is 6.53. The molecular formula is C15H17ClN2. The lowest BCUT2D eigenvalue weighted by Crippen LogP contribution is -2.24. The lowest BCUT2D eigenvalue weighted by molar-refractivity contribution is 0.586. The predicted octanol–water partition coefficient (Wildman–Crippen LogP) is 3.82. The first kappa shape index (κ1) is 13.1. The summed E-state index contributed by atoms with van der Waals surface area (Å²) in [5, 5.41) is 4.27. The minimum absolute atomic E-state index is 0.0554. The average molecular weight is 261 g/mol. The lowest BCUT2D eigenvalue weighted by atomic mass is 10.0. The van der Waals surface area contributed by atoms with Crippen molar-refractivity contribution in [2.75, 3.05) is 6.54 Å². The molecule has 1 atom stereocenters. The molecule has 2 rings (SSSR count). The molecule has 0 saturated heterocycles. The van der Waals surface area contributed by atoms with Gasteiger partial charge in [-0.3, -0.25) is 4.98 Å². The minimum Gasteiger partial charge on any atom is -0.305 e. The van der Waals surface area contributed by atoms with Crippen molar-refractivity contribution < 1.29 is 0 Å². The Morgan fingerprint density at radius 1 is 1.17 bits per heavy atom. The number of nitrogens with zero attached hydrogens (tertiary/aromatic N) is 1. The average Bonchev–Trinajstić information content (AvgIpc) is 2.42. The first-order valence-electron chi connectivity index (χ1n) is 6.21. The third-order valence-corrected chi connectivity index (χ3v) is 3.14. The van der Waals surface area contributed by atoms with E-state index >= 15 is 0 Å². The maximum absolute atomic E-state index is 6.28. The maximum atomic E-state index is 6.28. The van der Waals surface area contributed by atoms with Gasteiger partial charge in [0.15, 0.2) is 0 Å². The summed E-state index contributed by atoms with van der Waals surface area (Å²) in [6, 6.07) is 13.9. The summed E-state index contributed by atoms with van der Waals surface area (Å²) in [6.45, 7) is 3.08. The van der Waals surface area contributed by atoms with Crippen LogP contribution < -0.4 is 5.32 Å². The van der Waals surface area contributed by atoms with Crippen LogP contribution in [-0.2, 0) is 0 Å². The lowest BCUT2D eigenvalue weighted by Gasteiger charge is -2.19. The Kier molecular flexibility index (Phi) is 4.73. The van der Waals surface area contributed by atoms with E-state index in [9.17, 15) is 0 Å². The fourth-order valence-corrected chi connectivity index (χ4v) is 2.16. The van der Waals surface area contributed by atoms with Crippen molar-refractivity contribution in [1.29, 1.82) is 0 Å². The third kappa shape index (κ3) is 3.09. The van der Waals surface area contributed by atoms with Crippen LogP contribution in [-0.4, -0.2) is 11.5 Å². The standard InChI is InChI=1S/C15H17ClN2/c1-2-10-18-15(14-9-5-6-11-17-14)12-7-3-4-8-13(12)16/h3-9,11,15,18H,2,10H2,1H3. The molecule has 0 aliphatic heterocycles. The molecule has 1 unspecified atom stereocenters. The Hall–Kier alpha value is -1.38. The zero-order valence-electron chi connectivity index (χ0n) is 10.4. The van der Waals surface area contributed by atoms with Crippen LogP contribution in [0.1, 0.15) is 30.6 Å². The Bertz CT molecular complexity index is 485. The van der Waals surface area contributed by atoms with Crippen LogP contribution in [0, 0.1) is 0 Å². The predicted molar refractivity (Wildman–Crippen MR) is 75.8 cm³/mol. The smallest absolute Gasteiger partial charge is 0.0765 e. The van der Waals surface area contributed by atoms with E-state index in [-0.39, 0.29) is 6.04 Å². The van der Waals surface area contributed by atoms with Gasteiger partial charge in [-0.05, 0) is 36.7 Å². The van der Waals surface area contributed by atoms with E-state index in [4.69, 9.17) is 11.6 Å². The number of hydrogen-bond acceptors (Lipinski definition) is 2. The molecular weight excluding hydrogens is 244 g/mol. The number of aromatic nitrogens is 1. The highest BCUT2D eigenvalue weighted by Gasteiger charge is 2.16. The van der Waals surface area contributed by atoms with Crippen molar-refractivity contribution in [3.05, 3.63) is 64.9 Å². The highest BCUT2D eigenvalue weighted by atomic mass is 35.5. The zero-order chi connectivity index (χ0) is 12.8. The van der Waals surface area contributed by atoms with Crippen LogP contribution in [0.2, 0.25) is 5.02 Å². The Morgan fingerprint density at radius 2 is 1.94 bits per heavy atom. The second-order valence-electron chi connectivity index (χ2n) is 4.16. The molecule has 3 heteroatoms. The van der Waals surface area contributed by atoms with Gasteiger partial charge < -0.3 is 5.32 Å². The fourth-order valence-electron chi connectivity index (χ4n) is 1.92. The first-order chi connectivity index (χ1) is 8.83. The SMILES string of the molecule is CCCNC(c1ccccn1)c1ccccc1Cl. The van der Waals surface area contributed by atoms with Crippen molar-refractivity contribution in [2.24, 2.45) is 0 Å². The highest BCUT2D eigenvalue weighted by molar-refractivity contribution is 6.31. The molecule has 1 aromatic carbocycles. The monoisotopic (exact) mass is 260 g/mol. The summed E-state index contributed by atoms with van der Waals surface area (Å²) < 4.78 is 0. The normalized spacial score (nSPS) is 12.3. The molecule has 0 amide bonds. The molecule has 0 aliphatic carbocycles. The number of nitrogens with one attached hydrogen (secondary N) is 1. The molecule has 1 aromatic heterocycles. The molecule has 0 saturated carbocycles. The van der Waals surface area contributed by atoms with Crippen molar-refractivity contribution in [3.8, 4) is 0 Å². The van der Waals surface area contributed by atoms with Gasteiger partial charge in [-0.15, -0.1) is 0 Å². The van der Waals surface area contributed by atoms with Crippen molar-refractivity contribution in [1.82, 2.24) is 10.3 Å². The van der Waals surface area contributed by atoms with E-state index in [0.717, 1.165) is 29.2 Å². The molecule has 0 bridgehead atoms. The minimum atomic E-state index is 0.0554. The summed E-state index contributed by atoms with van der Waals surface area (Å²) in [4.78, 5) is 4.43. The van der Waals surface area contributed by atoms with Gasteiger partial charge in [0.05, 0.1) is 11.7 Å². The van der Waals surface area contributed by atoms with Gasteiger partial charge in [-0.2, -0.15) is 0 Å². The number of hydrogen-bond donors (Lipinski definition) is 1. The zero-order valence-corrected chi connectivity index (χ0v) is 11.2. The molecule has 94 valence electrons. The van der Waals surface area contributed by atoms with E-state index in [1.807, 2.05) is 48.7 Å². The molecule has 1 N–H and O–H groups in total. The Labute approximate surface area is 113 Å². The number of pyridine rings is 1. The number of benzene rings is 1. The summed E-state index contributed by atoms with van der Waals surface area (Å²) in [5.74, 6) is 0. The molecule has 0 aliphatic rings. The van der Waals surface area contributed by atoms with Crippen LogP contribution in [0.15, 0.2) is 48.7 Å². The van der Waals surface area contributed by atoms with E-state index < -0.39 is 0 Å². The fraction of sp³-hybridized carbons (Fsp3) is 0.267. The molecule has 0 fully saturated rings. The molecule has 2 aromatic rings. The second-order valence-corrected chi connectivity index (χ2v) is 4.57. The van der Waals surface area contributed by atoms with Gasteiger partial charge in [0.1, 0.15) is 0 Å². The quantitative estimate of drug-likeness (QED) is 0.884.